The second kappa shape index (κ2) is 5.93. The molecule has 1 atom stereocenters. The van der Waals surface area contributed by atoms with Crippen molar-refractivity contribution in [1.29, 1.82) is 0 Å². The first kappa shape index (κ1) is 12.3. The zero-order chi connectivity index (χ0) is 12.1. The maximum absolute atomic E-state index is 4.14. The van der Waals surface area contributed by atoms with Crippen LogP contribution < -0.4 is 5.32 Å². The first-order chi connectivity index (χ1) is 8.24. The van der Waals surface area contributed by atoms with E-state index in [4.69, 9.17) is 0 Å². The van der Waals surface area contributed by atoms with Crippen LogP contribution in [0, 0.1) is 0 Å². The number of aromatic nitrogens is 3. The highest BCUT2D eigenvalue weighted by Crippen LogP contribution is 2.09. The molecule has 0 aliphatic carbocycles. The Bertz CT molecular complexity index is 455. The van der Waals surface area contributed by atoms with Gasteiger partial charge < -0.3 is 9.88 Å². The fraction of sp³-hybridized carbons (Fsp3) is 0.333. The zero-order valence-corrected chi connectivity index (χ0v) is 11.3. The van der Waals surface area contributed by atoms with Crippen molar-refractivity contribution in [3.8, 4) is 0 Å². The molecule has 90 valence electrons. The molecule has 0 spiro atoms. The standard InChI is InChI=1S/C12H15BrN4/c1-10(8-17-3-2-14-9-17)16-6-11-4-12(13)7-15-5-11/h2-5,7,9-10,16H,6,8H2,1H3. The monoisotopic (exact) mass is 294 g/mol. The summed E-state index contributed by atoms with van der Waals surface area (Å²) in [4.78, 5) is 8.16. The van der Waals surface area contributed by atoms with Gasteiger partial charge in [-0.15, -0.1) is 0 Å². The van der Waals surface area contributed by atoms with Crippen molar-refractivity contribution in [3.63, 3.8) is 0 Å². The minimum atomic E-state index is 0.392. The fourth-order valence-electron chi connectivity index (χ4n) is 1.62. The molecule has 1 unspecified atom stereocenters. The molecule has 0 aromatic carbocycles. The highest BCUT2D eigenvalue weighted by atomic mass is 79.9. The lowest BCUT2D eigenvalue weighted by Gasteiger charge is -2.14. The van der Waals surface area contributed by atoms with E-state index in [9.17, 15) is 0 Å². The molecular weight excluding hydrogens is 280 g/mol. The maximum atomic E-state index is 4.14. The number of nitrogens with zero attached hydrogens (tertiary/aromatic N) is 3. The molecule has 0 aliphatic heterocycles. The second-order valence-corrected chi connectivity index (χ2v) is 4.97. The van der Waals surface area contributed by atoms with Crippen molar-refractivity contribution in [2.45, 2.75) is 26.1 Å². The molecular formula is C12H15BrN4. The first-order valence-electron chi connectivity index (χ1n) is 5.52. The van der Waals surface area contributed by atoms with Crippen molar-refractivity contribution >= 4 is 15.9 Å². The second-order valence-electron chi connectivity index (χ2n) is 4.05. The maximum Gasteiger partial charge on any atom is 0.0946 e. The third-order valence-electron chi connectivity index (χ3n) is 2.46. The third-order valence-corrected chi connectivity index (χ3v) is 2.89. The quantitative estimate of drug-likeness (QED) is 0.919. The molecule has 0 amide bonds. The van der Waals surface area contributed by atoms with Crippen molar-refractivity contribution in [1.82, 2.24) is 19.9 Å². The lowest BCUT2D eigenvalue weighted by atomic mass is 10.2. The number of hydrogen-bond acceptors (Lipinski definition) is 3. The predicted octanol–water partition coefficient (Wildman–Crippen LogP) is 2.22. The van der Waals surface area contributed by atoms with Crippen LogP contribution in [0.15, 0.2) is 41.7 Å². The largest absolute Gasteiger partial charge is 0.336 e. The van der Waals surface area contributed by atoms with Gasteiger partial charge in [0.25, 0.3) is 0 Å². The van der Waals surface area contributed by atoms with Crippen molar-refractivity contribution in [2.75, 3.05) is 0 Å². The van der Waals surface area contributed by atoms with Crippen LogP contribution in [0.25, 0.3) is 0 Å². The summed E-state index contributed by atoms with van der Waals surface area (Å²) in [5.74, 6) is 0. The molecule has 0 bridgehead atoms. The number of rotatable bonds is 5. The molecule has 2 aromatic rings. The van der Waals surface area contributed by atoms with E-state index in [-0.39, 0.29) is 0 Å². The minimum Gasteiger partial charge on any atom is -0.336 e. The van der Waals surface area contributed by atoms with Gasteiger partial charge in [-0.05, 0) is 34.5 Å². The average Bonchev–Trinajstić information content (AvgIpc) is 2.79. The van der Waals surface area contributed by atoms with Gasteiger partial charge in [0.15, 0.2) is 0 Å². The van der Waals surface area contributed by atoms with E-state index in [0.717, 1.165) is 17.6 Å². The Kier molecular flexibility index (Phi) is 4.28. The number of imidazole rings is 1. The van der Waals surface area contributed by atoms with Crippen LogP contribution in [0.5, 0.6) is 0 Å². The highest BCUT2D eigenvalue weighted by molar-refractivity contribution is 9.10. The van der Waals surface area contributed by atoms with Crippen LogP contribution in [0.4, 0.5) is 0 Å². The Balaban J connectivity index is 1.82. The molecule has 4 nitrogen and oxygen atoms in total. The Labute approximate surface area is 109 Å². The van der Waals surface area contributed by atoms with Gasteiger partial charge in [0.05, 0.1) is 6.33 Å². The summed E-state index contributed by atoms with van der Waals surface area (Å²) >= 11 is 3.42. The molecule has 2 rings (SSSR count). The zero-order valence-electron chi connectivity index (χ0n) is 9.68. The van der Waals surface area contributed by atoms with Crippen LogP contribution in [-0.4, -0.2) is 20.6 Å². The van der Waals surface area contributed by atoms with E-state index >= 15 is 0 Å². The van der Waals surface area contributed by atoms with Crippen LogP contribution in [0.3, 0.4) is 0 Å². The van der Waals surface area contributed by atoms with E-state index in [1.165, 1.54) is 5.56 Å². The minimum absolute atomic E-state index is 0.392. The van der Waals surface area contributed by atoms with Crippen LogP contribution in [0.1, 0.15) is 12.5 Å². The van der Waals surface area contributed by atoms with Gasteiger partial charge in [-0.1, -0.05) is 0 Å². The van der Waals surface area contributed by atoms with Gasteiger partial charge in [-0.3, -0.25) is 4.98 Å². The molecule has 0 saturated carbocycles. The van der Waals surface area contributed by atoms with E-state index in [0.29, 0.717) is 6.04 Å². The van der Waals surface area contributed by atoms with Gasteiger partial charge in [0, 0.05) is 48.4 Å². The van der Waals surface area contributed by atoms with Crippen LogP contribution in [-0.2, 0) is 13.1 Å². The molecule has 0 fully saturated rings. The fourth-order valence-corrected chi connectivity index (χ4v) is 2.03. The van der Waals surface area contributed by atoms with Gasteiger partial charge in [0.1, 0.15) is 0 Å². The number of nitrogens with one attached hydrogen (secondary N) is 1. The van der Waals surface area contributed by atoms with Crippen molar-refractivity contribution in [2.24, 2.45) is 0 Å². The Morgan fingerprint density at radius 1 is 1.41 bits per heavy atom. The summed E-state index contributed by atoms with van der Waals surface area (Å²) in [6, 6.07) is 2.47. The lowest BCUT2D eigenvalue weighted by molar-refractivity contribution is 0.476. The summed E-state index contributed by atoms with van der Waals surface area (Å²) in [6.07, 6.45) is 9.27. The molecule has 1 N–H and O–H groups in total. The van der Waals surface area contributed by atoms with Gasteiger partial charge in [-0.25, -0.2) is 4.98 Å². The third kappa shape index (κ3) is 3.94. The number of pyridine rings is 1. The number of hydrogen-bond donors (Lipinski definition) is 1. The molecule has 2 heterocycles. The average molecular weight is 295 g/mol. The van der Waals surface area contributed by atoms with Crippen molar-refractivity contribution in [3.05, 3.63) is 47.2 Å². The lowest BCUT2D eigenvalue weighted by Crippen LogP contribution is -2.29. The number of halogens is 1. The van der Waals surface area contributed by atoms with E-state index in [2.05, 4.69) is 48.8 Å². The van der Waals surface area contributed by atoms with Gasteiger partial charge in [-0.2, -0.15) is 0 Å². The molecule has 0 radical (unpaired) electrons. The van der Waals surface area contributed by atoms with Crippen LogP contribution >= 0.6 is 15.9 Å². The predicted molar refractivity (Wildman–Crippen MR) is 70.5 cm³/mol. The van der Waals surface area contributed by atoms with E-state index < -0.39 is 0 Å². The molecule has 2 aromatic heterocycles. The Morgan fingerprint density at radius 3 is 3.00 bits per heavy atom. The summed E-state index contributed by atoms with van der Waals surface area (Å²) in [5, 5.41) is 3.45. The SMILES string of the molecule is CC(Cn1ccnc1)NCc1cncc(Br)c1. The van der Waals surface area contributed by atoms with Crippen LogP contribution in [0.2, 0.25) is 0 Å². The highest BCUT2D eigenvalue weighted by Gasteiger charge is 2.02. The van der Waals surface area contributed by atoms with Gasteiger partial charge >= 0.3 is 0 Å². The topological polar surface area (TPSA) is 42.7 Å². The smallest absolute Gasteiger partial charge is 0.0946 e. The molecule has 0 saturated heterocycles. The summed E-state index contributed by atoms with van der Waals surface area (Å²) in [5.41, 5.74) is 1.18. The van der Waals surface area contributed by atoms with E-state index in [1.54, 1.807) is 12.4 Å². The summed E-state index contributed by atoms with van der Waals surface area (Å²) < 4.78 is 3.08. The Hall–Kier alpha value is -1.20. The first-order valence-corrected chi connectivity index (χ1v) is 6.32. The van der Waals surface area contributed by atoms with Crippen molar-refractivity contribution < 1.29 is 0 Å². The summed E-state index contributed by atoms with van der Waals surface area (Å²) in [7, 11) is 0. The van der Waals surface area contributed by atoms with E-state index in [1.807, 2.05) is 18.7 Å². The summed E-state index contributed by atoms with van der Waals surface area (Å²) in [6.45, 7) is 3.90. The van der Waals surface area contributed by atoms with Gasteiger partial charge in [0.2, 0.25) is 0 Å². The molecule has 0 aliphatic rings. The Morgan fingerprint density at radius 2 is 2.29 bits per heavy atom. The molecule has 5 heteroatoms. The normalized spacial score (nSPS) is 12.6. The molecule has 17 heavy (non-hydrogen) atoms.